The normalized spacial score (nSPS) is 17.4. The lowest BCUT2D eigenvalue weighted by Crippen LogP contribution is -2.46. The van der Waals surface area contributed by atoms with Gasteiger partial charge < -0.3 is 15.4 Å². The highest BCUT2D eigenvalue weighted by Gasteiger charge is 2.25. The van der Waals surface area contributed by atoms with Crippen LogP contribution in [-0.2, 0) is 16.1 Å². The van der Waals surface area contributed by atoms with E-state index in [0.29, 0.717) is 37.8 Å². The molecule has 0 aliphatic carbocycles. The fraction of sp³-hybridized carbons (Fsp3) is 0.474. The minimum atomic E-state index is -0.0427. The van der Waals surface area contributed by atoms with Gasteiger partial charge in [0.1, 0.15) is 0 Å². The highest BCUT2D eigenvalue weighted by Crippen LogP contribution is 2.16. The largest absolute Gasteiger partial charge is 0.378 e. The molecule has 0 saturated carbocycles. The molecule has 1 fully saturated rings. The van der Waals surface area contributed by atoms with Crippen molar-refractivity contribution in [2.24, 2.45) is 0 Å². The molecule has 0 unspecified atom stereocenters. The Morgan fingerprint density at radius 2 is 2.19 bits per heavy atom. The average molecular weight is 370 g/mol. The number of carbonyl (C=O) groups excluding carboxylic acids is 1. The maximum atomic E-state index is 12.4. The molecule has 1 amide bonds. The molecule has 0 aromatic carbocycles. The first kappa shape index (κ1) is 19.2. The molecule has 3 heterocycles. The molecule has 1 aliphatic rings. The molecule has 1 saturated heterocycles. The van der Waals surface area contributed by atoms with E-state index in [1.165, 1.54) is 0 Å². The van der Waals surface area contributed by atoms with Gasteiger partial charge in [0.05, 0.1) is 25.1 Å². The molecule has 2 aromatic heterocycles. The summed E-state index contributed by atoms with van der Waals surface area (Å²) in [6.45, 7) is 5.64. The van der Waals surface area contributed by atoms with Crippen LogP contribution in [0.1, 0.15) is 25.3 Å². The minimum absolute atomic E-state index is 0.0216. The fourth-order valence-corrected chi connectivity index (χ4v) is 2.95. The predicted octanol–water partition coefficient (Wildman–Crippen LogP) is 1.92. The number of ether oxygens (including phenoxy) is 1. The standard InChI is InChI=1S/C19H26N6O2/c1-2-5-21-19-22-10-15(11-23-19)13-25-7-8-27-14-17(25)9-18(26)24-16-4-3-6-20-12-16/h3-4,6,10-12,17H,2,5,7-9,13-14H2,1H3,(H,24,26)(H,21,22,23)/t17-/m0/s1. The number of pyridine rings is 1. The van der Waals surface area contributed by atoms with Gasteiger partial charge in [0.25, 0.3) is 0 Å². The Kier molecular flexibility index (Phi) is 7.06. The van der Waals surface area contributed by atoms with Gasteiger partial charge in [-0.15, -0.1) is 0 Å². The molecule has 1 aliphatic heterocycles. The van der Waals surface area contributed by atoms with Crippen LogP contribution in [0.2, 0.25) is 0 Å². The van der Waals surface area contributed by atoms with Crippen LogP contribution in [0.5, 0.6) is 0 Å². The minimum Gasteiger partial charge on any atom is -0.378 e. The van der Waals surface area contributed by atoms with Crippen LogP contribution in [0.4, 0.5) is 11.6 Å². The second-order valence-electron chi connectivity index (χ2n) is 6.53. The SMILES string of the molecule is CCCNc1ncc(CN2CCOC[C@@H]2CC(=O)Nc2cccnc2)cn1. The Bertz CT molecular complexity index is 710. The Morgan fingerprint density at radius 3 is 2.93 bits per heavy atom. The number of anilines is 2. The molecule has 2 aromatic rings. The van der Waals surface area contributed by atoms with E-state index in [2.05, 4.69) is 37.4 Å². The number of carbonyl (C=O) groups is 1. The van der Waals surface area contributed by atoms with Crippen LogP contribution in [0.25, 0.3) is 0 Å². The van der Waals surface area contributed by atoms with Gasteiger partial charge in [0, 0.05) is 56.3 Å². The lowest BCUT2D eigenvalue weighted by Gasteiger charge is -2.35. The lowest BCUT2D eigenvalue weighted by molar-refractivity contribution is -0.119. The van der Waals surface area contributed by atoms with E-state index in [-0.39, 0.29) is 11.9 Å². The molecule has 3 rings (SSSR count). The van der Waals surface area contributed by atoms with Gasteiger partial charge in [0.2, 0.25) is 11.9 Å². The van der Waals surface area contributed by atoms with E-state index in [1.807, 2.05) is 18.5 Å². The highest BCUT2D eigenvalue weighted by atomic mass is 16.5. The summed E-state index contributed by atoms with van der Waals surface area (Å²) in [5.74, 6) is 0.605. The number of nitrogens with one attached hydrogen (secondary N) is 2. The first-order valence-corrected chi connectivity index (χ1v) is 9.31. The summed E-state index contributed by atoms with van der Waals surface area (Å²) >= 11 is 0. The van der Waals surface area contributed by atoms with Crippen molar-refractivity contribution < 1.29 is 9.53 Å². The molecular weight excluding hydrogens is 344 g/mol. The van der Waals surface area contributed by atoms with Gasteiger partial charge in [-0.05, 0) is 18.6 Å². The summed E-state index contributed by atoms with van der Waals surface area (Å²) in [4.78, 5) is 27.4. The third-order valence-corrected chi connectivity index (χ3v) is 4.34. The monoisotopic (exact) mass is 370 g/mol. The molecular formula is C19H26N6O2. The van der Waals surface area contributed by atoms with E-state index < -0.39 is 0 Å². The van der Waals surface area contributed by atoms with Crippen molar-refractivity contribution >= 4 is 17.5 Å². The van der Waals surface area contributed by atoms with Crippen molar-refractivity contribution in [3.8, 4) is 0 Å². The predicted molar refractivity (Wildman–Crippen MR) is 103 cm³/mol. The summed E-state index contributed by atoms with van der Waals surface area (Å²) in [5.41, 5.74) is 1.73. The number of rotatable bonds is 8. The molecule has 8 nitrogen and oxygen atoms in total. The summed E-state index contributed by atoms with van der Waals surface area (Å²) in [6.07, 6.45) is 8.39. The number of hydrogen-bond donors (Lipinski definition) is 2. The average Bonchev–Trinajstić information content (AvgIpc) is 2.70. The van der Waals surface area contributed by atoms with Crippen molar-refractivity contribution in [2.75, 3.05) is 36.9 Å². The smallest absolute Gasteiger partial charge is 0.226 e. The van der Waals surface area contributed by atoms with E-state index in [1.54, 1.807) is 18.5 Å². The fourth-order valence-electron chi connectivity index (χ4n) is 2.95. The van der Waals surface area contributed by atoms with Crippen molar-refractivity contribution in [1.29, 1.82) is 0 Å². The molecule has 0 spiro atoms. The zero-order valence-electron chi connectivity index (χ0n) is 15.6. The number of aromatic nitrogens is 3. The van der Waals surface area contributed by atoms with Crippen LogP contribution < -0.4 is 10.6 Å². The molecule has 144 valence electrons. The third kappa shape index (κ3) is 5.97. The maximum absolute atomic E-state index is 12.4. The van der Waals surface area contributed by atoms with Gasteiger partial charge in [-0.1, -0.05) is 6.92 Å². The Labute approximate surface area is 159 Å². The quantitative estimate of drug-likeness (QED) is 0.733. The van der Waals surface area contributed by atoms with Crippen LogP contribution in [0.15, 0.2) is 36.9 Å². The van der Waals surface area contributed by atoms with Gasteiger partial charge in [-0.3, -0.25) is 14.7 Å². The van der Waals surface area contributed by atoms with Gasteiger partial charge in [-0.25, -0.2) is 9.97 Å². The molecule has 1 atom stereocenters. The van der Waals surface area contributed by atoms with Crippen LogP contribution >= 0.6 is 0 Å². The number of morpholine rings is 1. The van der Waals surface area contributed by atoms with Crippen LogP contribution in [-0.4, -0.2) is 58.1 Å². The summed E-state index contributed by atoms with van der Waals surface area (Å²) < 4.78 is 5.59. The number of nitrogens with zero attached hydrogens (tertiary/aromatic N) is 4. The zero-order valence-corrected chi connectivity index (χ0v) is 15.6. The van der Waals surface area contributed by atoms with Crippen molar-refractivity contribution in [2.45, 2.75) is 32.4 Å². The third-order valence-electron chi connectivity index (χ3n) is 4.34. The van der Waals surface area contributed by atoms with Gasteiger partial charge in [-0.2, -0.15) is 0 Å². The van der Waals surface area contributed by atoms with E-state index in [4.69, 9.17) is 4.74 Å². The van der Waals surface area contributed by atoms with Crippen molar-refractivity contribution in [3.63, 3.8) is 0 Å². The number of amides is 1. The first-order chi connectivity index (χ1) is 13.2. The molecule has 0 bridgehead atoms. The second kappa shape index (κ2) is 9.94. The second-order valence-corrected chi connectivity index (χ2v) is 6.53. The van der Waals surface area contributed by atoms with Gasteiger partial charge >= 0.3 is 0 Å². The molecule has 27 heavy (non-hydrogen) atoms. The lowest BCUT2D eigenvalue weighted by atomic mass is 10.1. The Balaban J connectivity index is 1.55. The van der Waals surface area contributed by atoms with E-state index in [9.17, 15) is 4.79 Å². The summed E-state index contributed by atoms with van der Waals surface area (Å²) in [5, 5.41) is 6.05. The maximum Gasteiger partial charge on any atom is 0.226 e. The summed E-state index contributed by atoms with van der Waals surface area (Å²) in [6, 6.07) is 3.64. The zero-order chi connectivity index (χ0) is 18.9. The molecule has 8 heteroatoms. The molecule has 2 N–H and O–H groups in total. The van der Waals surface area contributed by atoms with E-state index in [0.717, 1.165) is 25.1 Å². The van der Waals surface area contributed by atoms with Crippen molar-refractivity contribution in [3.05, 3.63) is 42.5 Å². The Morgan fingerprint density at radius 1 is 1.33 bits per heavy atom. The van der Waals surface area contributed by atoms with E-state index >= 15 is 0 Å². The van der Waals surface area contributed by atoms with Gasteiger partial charge in [0.15, 0.2) is 0 Å². The Hall–Kier alpha value is -2.58. The van der Waals surface area contributed by atoms with Crippen LogP contribution in [0, 0.1) is 0 Å². The topological polar surface area (TPSA) is 92.3 Å². The van der Waals surface area contributed by atoms with Crippen LogP contribution in [0.3, 0.4) is 0 Å². The summed E-state index contributed by atoms with van der Waals surface area (Å²) in [7, 11) is 0. The highest BCUT2D eigenvalue weighted by molar-refractivity contribution is 5.90. The molecule has 0 radical (unpaired) electrons. The number of hydrogen-bond acceptors (Lipinski definition) is 7. The first-order valence-electron chi connectivity index (χ1n) is 9.31. The van der Waals surface area contributed by atoms with Crippen molar-refractivity contribution in [1.82, 2.24) is 19.9 Å².